The lowest BCUT2D eigenvalue weighted by atomic mass is 9.38. The topological polar surface area (TPSA) is 105 Å². The molecule has 0 aliphatic heterocycles. The molecule has 164 valence electrons. The fourth-order valence-corrected chi connectivity index (χ4v) is 8.02. The highest BCUT2D eigenvalue weighted by Crippen LogP contribution is 2.69. The molecule has 0 aromatic heterocycles. The molecule has 29 heavy (non-hydrogen) atoms. The largest absolute Gasteiger partial charge is 0.394 e. The van der Waals surface area contributed by atoms with Gasteiger partial charge >= 0.3 is 0 Å². The molecule has 0 amide bonds. The highest BCUT2D eigenvalue weighted by molar-refractivity contribution is 5.92. The van der Waals surface area contributed by atoms with Gasteiger partial charge in [-0.3, -0.25) is 4.79 Å². The lowest BCUT2D eigenvalue weighted by Crippen LogP contribution is -2.74. The lowest BCUT2D eigenvalue weighted by molar-refractivity contribution is -0.273. The molecule has 4 rings (SSSR count). The number of carbonyl (C=O) groups is 1. The number of Topliss-reactive ketones (excluding diaryl/α,β-unsaturated/α-hetero) is 1. The van der Waals surface area contributed by atoms with Gasteiger partial charge in [-0.2, -0.15) is 0 Å². The first kappa shape index (κ1) is 21.3. The zero-order valence-electron chi connectivity index (χ0n) is 18.4. The molecule has 4 aliphatic rings. The van der Waals surface area contributed by atoms with E-state index in [4.69, 9.17) is 10.6 Å². The van der Waals surface area contributed by atoms with Crippen molar-refractivity contribution in [3.63, 3.8) is 0 Å². The van der Waals surface area contributed by atoms with E-state index in [9.17, 15) is 15.0 Å². The van der Waals surface area contributed by atoms with Crippen LogP contribution in [0.3, 0.4) is 0 Å². The van der Waals surface area contributed by atoms with E-state index >= 15 is 0 Å². The van der Waals surface area contributed by atoms with Crippen molar-refractivity contribution < 1.29 is 19.8 Å². The van der Waals surface area contributed by atoms with Gasteiger partial charge in [-0.1, -0.05) is 32.9 Å². The van der Waals surface area contributed by atoms with E-state index in [1.54, 1.807) is 0 Å². The molecule has 4 saturated carbocycles. The van der Waals surface area contributed by atoms with E-state index in [0.717, 1.165) is 37.8 Å². The molecule has 4 aliphatic carbocycles. The number of hydrogen-bond acceptors (Lipinski definition) is 6. The van der Waals surface area contributed by atoms with Gasteiger partial charge in [0.15, 0.2) is 0 Å². The molecular formula is C23H38N2O4. The van der Waals surface area contributed by atoms with Crippen molar-refractivity contribution in [2.24, 2.45) is 44.9 Å². The zero-order chi connectivity index (χ0) is 21.2. The summed E-state index contributed by atoms with van der Waals surface area (Å²) >= 11 is 0. The van der Waals surface area contributed by atoms with Crippen LogP contribution in [-0.2, 0) is 9.63 Å². The second-order valence-electron chi connectivity index (χ2n) is 11.0. The average molecular weight is 407 g/mol. The number of ketones is 1. The van der Waals surface area contributed by atoms with Crippen LogP contribution in [0.4, 0.5) is 0 Å². The summed E-state index contributed by atoms with van der Waals surface area (Å²) in [4.78, 5) is 18.0. The SMILES string of the molecule is CC1(C)/C(=N/OCCN)CC[C@]2(C)[C@H]3CC[C@]4(C)C(=O)CC[C@H]4[C@@H]3C[C@H](O)[C@@]12O. The number of nitrogens with two attached hydrogens (primary N) is 1. The Hall–Kier alpha value is -0.980. The molecule has 0 radical (unpaired) electrons. The molecule has 0 aromatic carbocycles. The van der Waals surface area contributed by atoms with Crippen molar-refractivity contribution in [1.29, 1.82) is 0 Å². The Labute approximate surface area is 174 Å². The smallest absolute Gasteiger partial charge is 0.139 e. The van der Waals surface area contributed by atoms with Crippen LogP contribution in [0, 0.1) is 34.0 Å². The first-order valence-corrected chi connectivity index (χ1v) is 11.4. The van der Waals surface area contributed by atoms with Gasteiger partial charge in [0.2, 0.25) is 0 Å². The molecule has 0 heterocycles. The molecular weight excluding hydrogens is 368 g/mol. The van der Waals surface area contributed by atoms with Crippen molar-refractivity contribution in [1.82, 2.24) is 0 Å². The predicted octanol–water partition coefficient (Wildman–Crippen LogP) is 2.65. The third-order valence-corrected chi connectivity index (χ3v) is 9.75. The van der Waals surface area contributed by atoms with Gasteiger partial charge < -0.3 is 20.8 Å². The zero-order valence-corrected chi connectivity index (χ0v) is 18.4. The van der Waals surface area contributed by atoms with Gasteiger partial charge in [0.1, 0.15) is 18.0 Å². The van der Waals surface area contributed by atoms with E-state index in [2.05, 4.69) is 19.0 Å². The van der Waals surface area contributed by atoms with Crippen molar-refractivity contribution in [3.05, 3.63) is 0 Å². The standard InChI is InChI=1S/C23H38N2O4/c1-20(2)17(25-29-12-11-24)8-10-22(4)16-7-9-21(3)15(5-6-18(21)26)14(16)13-19(27)23(20,22)28/h14-16,19,27-28H,5-13,24H2,1-4H3/b25-17+/t14-,15-,16-,19-,21-,22+,23+/m0/s1. The Balaban J connectivity index is 1.71. The highest BCUT2D eigenvalue weighted by Gasteiger charge is 2.72. The minimum Gasteiger partial charge on any atom is -0.394 e. The summed E-state index contributed by atoms with van der Waals surface area (Å²) in [6.45, 7) is 9.03. The summed E-state index contributed by atoms with van der Waals surface area (Å²) in [6, 6.07) is 0. The van der Waals surface area contributed by atoms with Crippen LogP contribution in [0.25, 0.3) is 0 Å². The fourth-order valence-electron chi connectivity index (χ4n) is 8.02. The minimum absolute atomic E-state index is 0.237. The summed E-state index contributed by atoms with van der Waals surface area (Å²) in [5.74, 6) is 1.33. The van der Waals surface area contributed by atoms with E-state index in [0.29, 0.717) is 49.5 Å². The first-order valence-electron chi connectivity index (χ1n) is 11.4. The molecule has 0 aromatic rings. The molecule has 4 N–H and O–H groups in total. The number of nitrogens with zero attached hydrogens (tertiary/aromatic N) is 1. The summed E-state index contributed by atoms with van der Waals surface area (Å²) in [7, 11) is 0. The molecule has 7 atom stereocenters. The molecule has 0 bridgehead atoms. The number of hydrogen-bond donors (Lipinski definition) is 3. The van der Waals surface area contributed by atoms with Gasteiger partial charge in [-0.05, 0) is 56.3 Å². The van der Waals surface area contributed by atoms with Crippen LogP contribution in [0.1, 0.15) is 72.6 Å². The number of aliphatic hydroxyl groups excluding tert-OH is 1. The van der Waals surface area contributed by atoms with Crippen molar-refractivity contribution in [3.8, 4) is 0 Å². The highest BCUT2D eigenvalue weighted by atomic mass is 16.6. The molecule has 0 saturated heterocycles. The second-order valence-corrected chi connectivity index (χ2v) is 11.0. The summed E-state index contributed by atoms with van der Waals surface area (Å²) < 4.78 is 0. The van der Waals surface area contributed by atoms with Gasteiger partial charge in [0, 0.05) is 29.2 Å². The van der Waals surface area contributed by atoms with Gasteiger partial charge in [0.25, 0.3) is 0 Å². The maximum Gasteiger partial charge on any atom is 0.139 e. The first-order chi connectivity index (χ1) is 13.5. The molecule has 0 spiro atoms. The van der Waals surface area contributed by atoms with Crippen molar-refractivity contribution in [2.45, 2.75) is 84.3 Å². The van der Waals surface area contributed by atoms with E-state index in [1.807, 2.05) is 13.8 Å². The minimum atomic E-state index is -1.28. The van der Waals surface area contributed by atoms with Crippen LogP contribution in [-0.4, -0.2) is 46.6 Å². The fraction of sp³-hybridized carbons (Fsp3) is 0.913. The third-order valence-electron chi connectivity index (χ3n) is 9.75. The Morgan fingerprint density at radius 1 is 1.14 bits per heavy atom. The van der Waals surface area contributed by atoms with Crippen molar-refractivity contribution in [2.75, 3.05) is 13.2 Å². The second kappa shape index (κ2) is 6.76. The normalized spacial score (nSPS) is 50.0. The van der Waals surface area contributed by atoms with Gasteiger partial charge in [-0.25, -0.2) is 0 Å². The van der Waals surface area contributed by atoms with E-state index in [-0.39, 0.29) is 5.41 Å². The summed E-state index contributed by atoms with van der Waals surface area (Å²) in [5.41, 5.74) is 3.69. The Morgan fingerprint density at radius 3 is 2.55 bits per heavy atom. The quantitative estimate of drug-likeness (QED) is 0.494. The molecule has 6 heteroatoms. The van der Waals surface area contributed by atoms with Crippen LogP contribution in [0.5, 0.6) is 0 Å². The number of aliphatic hydroxyl groups is 2. The van der Waals surface area contributed by atoms with Gasteiger partial charge in [-0.15, -0.1) is 0 Å². The third kappa shape index (κ3) is 2.58. The Kier molecular flexibility index (Phi) is 4.96. The molecule has 6 nitrogen and oxygen atoms in total. The Bertz CT molecular complexity index is 722. The molecule has 4 fully saturated rings. The van der Waals surface area contributed by atoms with E-state index < -0.39 is 22.5 Å². The molecule has 0 unspecified atom stereocenters. The number of fused-ring (bicyclic) bond motifs is 5. The van der Waals surface area contributed by atoms with E-state index in [1.165, 1.54) is 0 Å². The summed E-state index contributed by atoms with van der Waals surface area (Å²) in [6.07, 6.45) is 4.68. The predicted molar refractivity (Wildman–Crippen MR) is 111 cm³/mol. The number of rotatable bonds is 3. The lowest BCUT2D eigenvalue weighted by Gasteiger charge is -2.68. The number of carbonyl (C=O) groups excluding carboxylic acids is 1. The maximum absolute atomic E-state index is 12.6. The van der Waals surface area contributed by atoms with Crippen LogP contribution >= 0.6 is 0 Å². The Morgan fingerprint density at radius 2 is 1.86 bits per heavy atom. The van der Waals surface area contributed by atoms with Crippen molar-refractivity contribution >= 4 is 11.5 Å². The average Bonchev–Trinajstić information content (AvgIpc) is 2.96. The van der Waals surface area contributed by atoms with Crippen LogP contribution < -0.4 is 5.73 Å². The summed E-state index contributed by atoms with van der Waals surface area (Å²) in [5, 5.41) is 27.9. The van der Waals surface area contributed by atoms with Gasteiger partial charge in [0.05, 0.1) is 11.8 Å². The van der Waals surface area contributed by atoms with Crippen LogP contribution in [0.15, 0.2) is 5.16 Å². The maximum atomic E-state index is 12.6. The number of oxime groups is 1. The monoisotopic (exact) mass is 406 g/mol. The van der Waals surface area contributed by atoms with Crippen LogP contribution in [0.2, 0.25) is 0 Å².